The average Bonchev–Trinajstić information content (AvgIpc) is 2.19. The van der Waals surface area contributed by atoms with Gasteiger partial charge in [0, 0.05) is 5.56 Å². The Morgan fingerprint density at radius 1 is 1.62 bits per heavy atom. The zero-order valence-electron chi connectivity index (χ0n) is 8.05. The monoisotopic (exact) mass is 175 g/mol. The van der Waals surface area contributed by atoms with Crippen LogP contribution in [-0.4, -0.2) is 6.61 Å². The average molecular weight is 175 g/mol. The summed E-state index contributed by atoms with van der Waals surface area (Å²) in [6, 6.07) is 8.65. The topological polar surface area (TPSA) is 9.23 Å². The van der Waals surface area contributed by atoms with Crippen LogP contribution >= 0.6 is 0 Å². The molecule has 0 aliphatic rings. The van der Waals surface area contributed by atoms with Crippen LogP contribution in [0.5, 0.6) is 5.75 Å². The van der Waals surface area contributed by atoms with Gasteiger partial charge in [-0.15, -0.1) is 0 Å². The molecule has 0 saturated heterocycles. The second-order valence-corrected chi connectivity index (χ2v) is 2.87. The van der Waals surface area contributed by atoms with Crippen LogP contribution in [0.4, 0.5) is 0 Å². The van der Waals surface area contributed by atoms with Crippen LogP contribution < -0.4 is 4.74 Å². The van der Waals surface area contributed by atoms with E-state index in [-0.39, 0.29) is 0 Å². The number of hydrogen-bond donors (Lipinski definition) is 0. The molecule has 0 aliphatic carbocycles. The van der Waals surface area contributed by atoms with E-state index in [9.17, 15) is 0 Å². The van der Waals surface area contributed by atoms with E-state index in [2.05, 4.69) is 19.6 Å². The smallest absolute Gasteiger partial charge is 0.126 e. The van der Waals surface area contributed by atoms with Crippen molar-refractivity contribution in [3.8, 4) is 5.75 Å². The summed E-state index contributed by atoms with van der Waals surface area (Å²) in [6.45, 7) is 6.65. The van der Waals surface area contributed by atoms with Gasteiger partial charge in [0.2, 0.25) is 0 Å². The van der Waals surface area contributed by atoms with Crippen LogP contribution in [0.1, 0.15) is 25.3 Å². The Balaban J connectivity index is 2.59. The predicted octanol–water partition coefficient (Wildman–Crippen LogP) is 3.31. The maximum absolute atomic E-state index is 5.58. The molecule has 1 aromatic rings. The Labute approximate surface area is 80.0 Å². The summed E-state index contributed by atoms with van der Waals surface area (Å²) in [7, 11) is 0. The van der Waals surface area contributed by atoms with Crippen LogP contribution in [-0.2, 0) is 0 Å². The zero-order chi connectivity index (χ0) is 9.52. The van der Waals surface area contributed by atoms with Gasteiger partial charge < -0.3 is 4.74 Å². The van der Waals surface area contributed by atoms with Gasteiger partial charge in [-0.3, -0.25) is 0 Å². The molecule has 0 bridgehead atoms. The van der Waals surface area contributed by atoms with Gasteiger partial charge >= 0.3 is 0 Å². The van der Waals surface area contributed by atoms with Gasteiger partial charge in [-0.05, 0) is 24.6 Å². The summed E-state index contributed by atoms with van der Waals surface area (Å²) >= 11 is 0. The minimum Gasteiger partial charge on any atom is -0.493 e. The minimum atomic E-state index is 0.779. The van der Waals surface area contributed by atoms with E-state index in [4.69, 9.17) is 4.74 Å². The number of rotatable bonds is 5. The Morgan fingerprint density at radius 2 is 2.46 bits per heavy atom. The molecule has 13 heavy (non-hydrogen) atoms. The lowest BCUT2D eigenvalue weighted by molar-refractivity contribution is 0.309. The van der Waals surface area contributed by atoms with Crippen molar-refractivity contribution in [3.05, 3.63) is 36.4 Å². The van der Waals surface area contributed by atoms with Crippen LogP contribution in [0.15, 0.2) is 24.8 Å². The third kappa shape index (κ3) is 2.94. The van der Waals surface area contributed by atoms with Crippen molar-refractivity contribution in [2.75, 3.05) is 6.61 Å². The first kappa shape index (κ1) is 9.85. The number of benzene rings is 1. The minimum absolute atomic E-state index is 0.779. The number of hydrogen-bond acceptors (Lipinski definition) is 1. The first-order valence-electron chi connectivity index (χ1n) is 4.63. The van der Waals surface area contributed by atoms with Gasteiger partial charge in [0.15, 0.2) is 0 Å². The lowest BCUT2D eigenvalue weighted by atomic mass is 10.2. The third-order valence-corrected chi connectivity index (χ3v) is 1.83. The van der Waals surface area contributed by atoms with Crippen molar-refractivity contribution in [1.29, 1.82) is 0 Å². The van der Waals surface area contributed by atoms with Gasteiger partial charge in [0.05, 0.1) is 6.61 Å². The molecule has 0 spiro atoms. The highest BCUT2D eigenvalue weighted by molar-refractivity contribution is 5.54. The normalized spacial score (nSPS) is 9.62. The van der Waals surface area contributed by atoms with E-state index in [1.807, 2.05) is 18.2 Å². The van der Waals surface area contributed by atoms with Crippen molar-refractivity contribution in [2.45, 2.75) is 19.8 Å². The Bertz CT molecular complexity index is 266. The van der Waals surface area contributed by atoms with Crippen molar-refractivity contribution in [2.24, 2.45) is 0 Å². The van der Waals surface area contributed by atoms with Crippen molar-refractivity contribution in [1.82, 2.24) is 0 Å². The molecule has 0 unspecified atom stereocenters. The van der Waals surface area contributed by atoms with Crippen molar-refractivity contribution >= 4 is 6.08 Å². The highest BCUT2D eigenvalue weighted by Gasteiger charge is 1.97. The maximum Gasteiger partial charge on any atom is 0.126 e. The molecule has 1 radical (unpaired) electrons. The quantitative estimate of drug-likeness (QED) is 0.624. The van der Waals surface area contributed by atoms with E-state index < -0.39 is 0 Å². The Morgan fingerprint density at radius 3 is 3.15 bits per heavy atom. The summed E-state index contributed by atoms with van der Waals surface area (Å²) in [5, 5.41) is 0. The van der Waals surface area contributed by atoms with Crippen molar-refractivity contribution < 1.29 is 4.74 Å². The fraction of sp³-hybridized carbons (Fsp3) is 0.333. The third-order valence-electron chi connectivity index (χ3n) is 1.83. The van der Waals surface area contributed by atoms with E-state index in [1.165, 1.54) is 0 Å². The number of ether oxygens (including phenoxy) is 1. The molecular weight excluding hydrogens is 160 g/mol. The summed E-state index contributed by atoms with van der Waals surface area (Å²) < 4.78 is 5.58. The zero-order valence-corrected chi connectivity index (χ0v) is 8.05. The van der Waals surface area contributed by atoms with Crippen molar-refractivity contribution in [3.63, 3.8) is 0 Å². The molecule has 69 valence electrons. The lowest BCUT2D eigenvalue weighted by Crippen LogP contribution is -1.97. The van der Waals surface area contributed by atoms with Gasteiger partial charge in [0.1, 0.15) is 5.75 Å². The molecular formula is C12H15O. The largest absolute Gasteiger partial charge is 0.493 e. The summed E-state index contributed by atoms with van der Waals surface area (Å²) in [6.07, 6.45) is 4.04. The molecule has 1 nitrogen and oxygen atoms in total. The van der Waals surface area contributed by atoms with E-state index >= 15 is 0 Å². The van der Waals surface area contributed by atoms with Gasteiger partial charge in [-0.25, -0.2) is 0 Å². The van der Waals surface area contributed by atoms with Crippen LogP contribution in [0.25, 0.3) is 6.08 Å². The molecule has 0 amide bonds. The fourth-order valence-electron chi connectivity index (χ4n) is 1.05. The van der Waals surface area contributed by atoms with E-state index in [0.29, 0.717) is 0 Å². The summed E-state index contributed by atoms with van der Waals surface area (Å²) in [5.41, 5.74) is 1.01. The highest BCUT2D eigenvalue weighted by atomic mass is 16.5. The molecule has 0 N–H and O–H groups in total. The molecule has 1 aromatic carbocycles. The molecule has 0 aliphatic heterocycles. The number of unbranched alkanes of at least 4 members (excludes halogenated alkanes) is 1. The molecule has 0 fully saturated rings. The van der Waals surface area contributed by atoms with E-state index in [1.54, 1.807) is 6.08 Å². The molecule has 0 aromatic heterocycles. The van der Waals surface area contributed by atoms with Gasteiger partial charge in [-0.1, -0.05) is 32.1 Å². The first-order valence-corrected chi connectivity index (χ1v) is 4.63. The summed E-state index contributed by atoms with van der Waals surface area (Å²) in [4.78, 5) is 0. The molecule has 1 heteroatoms. The van der Waals surface area contributed by atoms with E-state index in [0.717, 1.165) is 30.8 Å². The second kappa shape index (κ2) is 5.41. The van der Waals surface area contributed by atoms with Gasteiger partial charge in [-0.2, -0.15) is 0 Å². The summed E-state index contributed by atoms with van der Waals surface area (Å²) in [5.74, 6) is 0.905. The molecule has 0 saturated carbocycles. The Hall–Kier alpha value is -1.24. The highest BCUT2D eigenvalue weighted by Crippen LogP contribution is 2.18. The molecule has 0 heterocycles. The maximum atomic E-state index is 5.58. The van der Waals surface area contributed by atoms with Crippen LogP contribution in [0, 0.1) is 6.07 Å². The first-order chi connectivity index (χ1) is 6.38. The molecule has 0 atom stereocenters. The van der Waals surface area contributed by atoms with Gasteiger partial charge in [0.25, 0.3) is 0 Å². The van der Waals surface area contributed by atoms with Crippen LogP contribution in [0.3, 0.4) is 0 Å². The standard InChI is InChI=1S/C12H15O/c1-3-5-10-13-12-9-7-6-8-11(12)4-2/h4,7-9H,2-3,5,10H2,1H3. The second-order valence-electron chi connectivity index (χ2n) is 2.87. The molecule has 1 rings (SSSR count). The van der Waals surface area contributed by atoms with Crippen LogP contribution in [0.2, 0.25) is 0 Å². The lowest BCUT2D eigenvalue weighted by Gasteiger charge is -2.07. The Kier molecular flexibility index (Phi) is 4.10. The fourth-order valence-corrected chi connectivity index (χ4v) is 1.05. The predicted molar refractivity (Wildman–Crippen MR) is 55.8 cm³/mol. The SMILES string of the molecule is C=Cc1c[c]ccc1OCCCC.